The van der Waals surface area contributed by atoms with Crippen LogP contribution in [0.4, 0.5) is 0 Å². The van der Waals surface area contributed by atoms with Gasteiger partial charge in [0.2, 0.25) is 0 Å². The summed E-state index contributed by atoms with van der Waals surface area (Å²) < 4.78 is 0. The van der Waals surface area contributed by atoms with E-state index in [1.807, 2.05) is 5.38 Å². The van der Waals surface area contributed by atoms with Crippen LogP contribution in [0.15, 0.2) is 10.9 Å². The molecule has 0 spiro atoms. The lowest BCUT2D eigenvalue weighted by molar-refractivity contribution is 0.516. The van der Waals surface area contributed by atoms with E-state index in [2.05, 4.69) is 9.88 Å². The molecule has 12 heavy (non-hydrogen) atoms. The zero-order valence-electron chi connectivity index (χ0n) is 6.79. The number of likely N-dealkylation sites (tertiary alicyclic amines) is 1. The Kier molecular flexibility index (Phi) is 2.08. The number of hydrogen-bond donors (Lipinski definition) is 1. The molecule has 3 nitrogen and oxygen atoms in total. The molecular formula is C8H11N3S. The monoisotopic (exact) mass is 181 g/mol. The Morgan fingerprint density at radius 1 is 1.50 bits per heavy atom. The predicted octanol–water partition coefficient (Wildman–Crippen LogP) is 1.56. The normalized spacial score (nSPS) is 16.8. The van der Waals surface area contributed by atoms with Crippen LogP contribution < -0.4 is 0 Å². The summed E-state index contributed by atoms with van der Waals surface area (Å²) in [6.07, 6.45) is 2.43. The quantitative estimate of drug-likeness (QED) is 0.527. The van der Waals surface area contributed by atoms with Gasteiger partial charge in [0.15, 0.2) is 0 Å². The Hall–Kier alpha value is -0.900. The Morgan fingerprint density at radius 3 is 2.83 bits per heavy atom. The van der Waals surface area contributed by atoms with Gasteiger partial charge in [0, 0.05) is 18.5 Å². The average molecular weight is 181 g/mol. The maximum atomic E-state index is 7.81. The van der Waals surface area contributed by atoms with Gasteiger partial charge in [0.25, 0.3) is 0 Å². The van der Waals surface area contributed by atoms with Gasteiger partial charge in [-0.2, -0.15) is 0 Å². The fourth-order valence-corrected chi connectivity index (χ4v) is 1.97. The van der Waals surface area contributed by atoms with E-state index in [4.69, 9.17) is 5.41 Å². The zero-order chi connectivity index (χ0) is 8.39. The molecule has 2 heterocycles. The first-order valence-electron chi connectivity index (χ1n) is 4.10. The molecule has 1 fully saturated rings. The van der Waals surface area contributed by atoms with E-state index in [1.165, 1.54) is 12.8 Å². The molecule has 0 bridgehead atoms. The molecule has 1 N–H and O–H groups in total. The van der Waals surface area contributed by atoms with Crippen molar-refractivity contribution in [2.45, 2.75) is 12.8 Å². The molecule has 2 rings (SSSR count). The molecule has 0 aromatic carbocycles. The van der Waals surface area contributed by atoms with Gasteiger partial charge < -0.3 is 4.90 Å². The second-order valence-corrected chi connectivity index (χ2v) is 3.64. The number of thiazole rings is 1. The van der Waals surface area contributed by atoms with Gasteiger partial charge in [0.1, 0.15) is 11.5 Å². The van der Waals surface area contributed by atoms with Gasteiger partial charge in [-0.15, -0.1) is 11.3 Å². The molecule has 1 saturated heterocycles. The maximum Gasteiger partial charge on any atom is 0.147 e. The molecule has 0 aliphatic carbocycles. The molecule has 64 valence electrons. The van der Waals surface area contributed by atoms with Crippen molar-refractivity contribution >= 4 is 17.2 Å². The Morgan fingerprint density at radius 2 is 2.25 bits per heavy atom. The predicted molar refractivity (Wildman–Crippen MR) is 49.7 cm³/mol. The molecule has 0 amide bonds. The molecule has 4 heteroatoms. The minimum atomic E-state index is 0.591. The summed E-state index contributed by atoms with van der Waals surface area (Å²) in [6, 6.07) is 0. The highest BCUT2D eigenvalue weighted by Gasteiger charge is 2.16. The first-order valence-corrected chi connectivity index (χ1v) is 5.04. The minimum Gasteiger partial charge on any atom is -0.355 e. The number of hydrogen-bond acceptors (Lipinski definition) is 3. The number of nitrogens with zero attached hydrogens (tertiary/aromatic N) is 2. The molecular weight excluding hydrogens is 170 g/mol. The average Bonchev–Trinajstić information content (AvgIpc) is 2.77. The number of rotatable bonds is 1. The molecule has 0 saturated carbocycles. The molecule has 1 aliphatic rings. The summed E-state index contributed by atoms with van der Waals surface area (Å²) in [7, 11) is 0. The van der Waals surface area contributed by atoms with Crippen LogP contribution in [0.25, 0.3) is 0 Å². The van der Waals surface area contributed by atoms with Gasteiger partial charge >= 0.3 is 0 Å². The van der Waals surface area contributed by atoms with E-state index in [9.17, 15) is 0 Å². The standard InChI is InChI=1S/C8H11N3S/c9-8(7-5-12-6-10-7)11-3-1-2-4-11/h5-6,9H,1-4H2. The zero-order valence-corrected chi connectivity index (χ0v) is 7.60. The van der Waals surface area contributed by atoms with Gasteiger partial charge in [-0.05, 0) is 12.8 Å². The minimum absolute atomic E-state index is 0.591. The summed E-state index contributed by atoms with van der Waals surface area (Å²) in [4.78, 5) is 6.21. The van der Waals surface area contributed by atoms with Gasteiger partial charge in [0.05, 0.1) is 5.51 Å². The number of amidine groups is 1. The third kappa shape index (κ3) is 1.34. The summed E-state index contributed by atoms with van der Waals surface area (Å²) >= 11 is 1.55. The van der Waals surface area contributed by atoms with Gasteiger partial charge in [-0.3, -0.25) is 5.41 Å². The summed E-state index contributed by atoms with van der Waals surface area (Å²) in [5.41, 5.74) is 2.60. The lowest BCUT2D eigenvalue weighted by Crippen LogP contribution is -2.27. The Bertz CT molecular complexity index is 262. The van der Waals surface area contributed by atoms with Crippen LogP contribution >= 0.6 is 11.3 Å². The highest BCUT2D eigenvalue weighted by molar-refractivity contribution is 7.07. The lowest BCUT2D eigenvalue weighted by atomic mass is 10.4. The van der Waals surface area contributed by atoms with Gasteiger partial charge in [-0.25, -0.2) is 4.98 Å². The summed E-state index contributed by atoms with van der Waals surface area (Å²) in [6.45, 7) is 2.05. The largest absolute Gasteiger partial charge is 0.355 e. The van der Waals surface area contributed by atoms with Crippen LogP contribution in [-0.4, -0.2) is 28.8 Å². The second-order valence-electron chi connectivity index (χ2n) is 2.92. The molecule has 1 aliphatic heterocycles. The van der Waals surface area contributed by atoms with E-state index in [0.29, 0.717) is 5.84 Å². The van der Waals surface area contributed by atoms with Crippen molar-refractivity contribution in [3.63, 3.8) is 0 Å². The SMILES string of the molecule is N=C(c1cscn1)N1CCCC1. The fraction of sp³-hybridized carbons (Fsp3) is 0.500. The smallest absolute Gasteiger partial charge is 0.147 e. The molecule has 0 radical (unpaired) electrons. The summed E-state index contributed by atoms with van der Waals surface area (Å²) in [5.74, 6) is 0.591. The van der Waals surface area contributed by atoms with E-state index >= 15 is 0 Å². The van der Waals surface area contributed by atoms with Crippen LogP contribution in [-0.2, 0) is 0 Å². The van der Waals surface area contributed by atoms with Crippen molar-refractivity contribution in [1.82, 2.24) is 9.88 Å². The van der Waals surface area contributed by atoms with Crippen molar-refractivity contribution < 1.29 is 0 Å². The number of nitrogens with one attached hydrogen (secondary N) is 1. The Labute approximate surface area is 75.6 Å². The van der Waals surface area contributed by atoms with E-state index < -0.39 is 0 Å². The third-order valence-electron chi connectivity index (χ3n) is 2.10. The molecule has 1 aromatic rings. The fourth-order valence-electron chi connectivity index (χ4n) is 1.43. The van der Waals surface area contributed by atoms with Crippen LogP contribution in [0.3, 0.4) is 0 Å². The highest BCUT2D eigenvalue weighted by atomic mass is 32.1. The third-order valence-corrected chi connectivity index (χ3v) is 2.68. The van der Waals surface area contributed by atoms with E-state index in [1.54, 1.807) is 16.8 Å². The van der Waals surface area contributed by atoms with E-state index in [-0.39, 0.29) is 0 Å². The van der Waals surface area contributed by atoms with E-state index in [0.717, 1.165) is 18.8 Å². The van der Waals surface area contributed by atoms with Crippen molar-refractivity contribution in [1.29, 1.82) is 5.41 Å². The van der Waals surface area contributed by atoms with Crippen molar-refractivity contribution in [2.24, 2.45) is 0 Å². The molecule has 0 atom stereocenters. The molecule has 1 aromatic heterocycles. The maximum absolute atomic E-state index is 7.81. The van der Waals surface area contributed by atoms with Crippen molar-refractivity contribution in [2.75, 3.05) is 13.1 Å². The van der Waals surface area contributed by atoms with Gasteiger partial charge in [-0.1, -0.05) is 0 Å². The van der Waals surface area contributed by atoms with Crippen LogP contribution in [0.1, 0.15) is 18.5 Å². The van der Waals surface area contributed by atoms with Crippen LogP contribution in [0.2, 0.25) is 0 Å². The first kappa shape index (κ1) is 7.73. The van der Waals surface area contributed by atoms with Crippen molar-refractivity contribution in [3.05, 3.63) is 16.6 Å². The number of aromatic nitrogens is 1. The van der Waals surface area contributed by atoms with Crippen molar-refractivity contribution in [3.8, 4) is 0 Å². The highest BCUT2D eigenvalue weighted by Crippen LogP contribution is 2.12. The van der Waals surface area contributed by atoms with Crippen LogP contribution in [0, 0.1) is 5.41 Å². The first-order chi connectivity index (χ1) is 5.88. The second kappa shape index (κ2) is 3.23. The Balaban J connectivity index is 2.09. The lowest BCUT2D eigenvalue weighted by Gasteiger charge is -2.15. The summed E-state index contributed by atoms with van der Waals surface area (Å²) in [5, 5.41) is 9.74. The van der Waals surface area contributed by atoms with Crippen LogP contribution in [0.5, 0.6) is 0 Å². The topological polar surface area (TPSA) is 40.0 Å². The molecule has 0 unspecified atom stereocenters.